The van der Waals surface area contributed by atoms with E-state index in [-0.39, 0.29) is 0 Å². The van der Waals surface area contributed by atoms with Crippen molar-refractivity contribution < 1.29 is 4.74 Å². The number of piperidine rings is 1. The van der Waals surface area contributed by atoms with Crippen LogP contribution in [0.25, 0.3) is 0 Å². The number of rotatable bonds is 5. The lowest BCUT2D eigenvalue weighted by Crippen LogP contribution is -2.46. The van der Waals surface area contributed by atoms with Gasteiger partial charge in [-0.2, -0.15) is 0 Å². The number of para-hydroxylation sites is 1. The van der Waals surface area contributed by atoms with Gasteiger partial charge in [0.25, 0.3) is 0 Å². The minimum atomic E-state index is 0.295. The Morgan fingerprint density at radius 3 is 2.39 bits per heavy atom. The Bertz CT molecular complexity index is 891. The van der Waals surface area contributed by atoms with E-state index in [0.717, 1.165) is 70.2 Å². The molecule has 3 heterocycles. The maximum atomic E-state index is 6.03. The average molecular weight is 420 g/mol. The molecule has 4 rings (SSSR count). The van der Waals surface area contributed by atoms with Crippen molar-refractivity contribution in [3.63, 3.8) is 0 Å². The predicted molar refractivity (Wildman–Crippen MR) is 126 cm³/mol. The van der Waals surface area contributed by atoms with E-state index in [0.29, 0.717) is 12.7 Å². The van der Waals surface area contributed by atoms with Gasteiger partial charge in [-0.15, -0.1) is 0 Å². The average Bonchev–Trinajstić information content (AvgIpc) is 2.82. The van der Waals surface area contributed by atoms with Crippen LogP contribution in [0.3, 0.4) is 0 Å². The third kappa shape index (κ3) is 5.75. The van der Waals surface area contributed by atoms with E-state index in [9.17, 15) is 0 Å². The summed E-state index contributed by atoms with van der Waals surface area (Å²) in [5.41, 5.74) is 3.55. The number of benzene rings is 1. The van der Waals surface area contributed by atoms with Gasteiger partial charge in [-0.05, 0) is 38.8 Å². The number of anilines is 2. The van der Waals surface area contributed by atoms with Crippen molar-refractivity contribution in [2.24, 2.45) is 0 Å². The van der Waals surface area contributed by atoms with E-state index in [1.807, 2.05) is 6.92 Å². The predicted octanol–water partition coefficient (Wildman–Crippen LogP) is 2.90. The molecular formula is C25H33N5O. The zero-order chi connectivity index (χ0) is 21.5. The van der Waals surface area contributed by atoms with Crippen molar-refractivity contribution in [2.45, 2.75) is 32.8 Å². The topological polar surface area (TPSA) is 44.7 Å². The molecular weight excluding hydrogens is 386 g/mol. The molecule has 31 heavy (non-hydrogen) atoms. The lowest BCUT2D eigenvalue weighted by Gasteiger charge is -2.35. The molecule has 6 heteroatoms. The van der Waals surface area contributed by atoms with E-state index in [2.05, 4.69) is 73.8 Å². The highest BCUT2D eigenvalue weighted by Crippen LogP contribution is 2.23. The number of aryl methyl sites for hydroxylation is 1. The van der Waals surface area contributed by atoms with Crippen LogP contribution in [0.2, 0.25) is 0 Å². The van der Waals surface area contributed by atoms with Crippen LogP contribution >= 0.6 is 0 Å². The van der Waals surface area contributed by atoms with Crippen LogP contribution in [-0.4, -0.2) is 73.4 Å². The van der Waals surface area contributed by atoms with E-state index in [1.165, 1.54) is 11.3 Å². The zero-order valence-electron chi connectivity index (χ0n) is 18.8. The first-order valence-corrected chi connectivity index (χ1v) is 11.3. The van der Waals surface area contributed by atoms with Crippen LogP contribution in [0.15, 0.2) is 36.7 Å². The lowest BCUT2D eigenvalue weighted by atomic mass is 10.1. The minimum Gasteiger partial charge on any atom is -0.369 e. The van der Waals surface area contributed by atoms with Gasteiger partial charge in [-0.1, -0.05) is 30.0 Å². The van der Waals surface area contributed by atoms with Crippen LogP contribution in [-0.2, 0) is 4.74 Å². The third-order valence-electron chi connectivity index (χ3n) is 6.36. The standard InChI is InChI=1S/C25H33N5O/c1-21-22(2)26-20-27-25(21)30-13-10-24(11-14-30)31-19-7-6-12-28-15-17-29(18-16-28)23-8-4-3-5-9-23/h3-5,8-9,20,24H,10-19H2,1-2H3. The largest absolute Gasteiger partial charge is 0.369 e. The first-order chi connectivity index (χ1) is 15.2. The summed E-state index contributed by atoms with van der Waals surface area (Å²) >= 11 is 0. The van der Waals surface area contributed by atoms with E-state index >= 15 is 0 Å². The second-order valence-electron chi connectivity index (χ2n) is 8.36. The molecule has 164 valence electrons. The molecule has 6 nitrogen and oxygen atoms in total. The van der Waals surface area contributed by atoms with Crippen molar-refractivity contribution in [1.82, 2.24) is 14.9 Å². The molecule has 0 radical (unpaired) electrons. The monoisotopic (exact) mass is 419 g/mol. The smallest absolute Gasteiger partial charge is 0.135 e. The SMILES string of the molecule is Cc1ncnc(N2CCC(OCC#CCN3CCN(c4ccccc4)CC3)CC2)c1C. The lowest BCUT2D eigenvalue weighted by molar-refractivity contribution is 0.0593. The summed E-state index contributed by atoms with van der Waals surface area (Å²) in [6, 6.07) is 10.7. The van der Waals surface area contributed by atoms with Gasteiger partial charge in [0.1, 0.15) is 18.8 Å². The molecule has 0 unspecified atom stereocenters. The molecule has 2 aliphatic rings. The second kappa shape index (κ2) is 10.6. The number of hydrogen-bond acceptors (Lipinski definition) is 6. The number of piperazine rings is 1. The van der Waals surface area contributed by atoms with E-state index in [1.54, 1.807) is 6.33 Å². The number of hydrogen-bond donors (Lipinski definition) is 0. The highest BCUT2D eigenvalue weighted by Gasteiger charge is 2.22. The normalized spacial score (nSPS) is 18.0. The highest BCUT2D eigenvalue weighted by atomic mass is 16.5. The van der Waals surface area contributed by atoms with Gasteiger partial charge in [0.15, 0.2) is 0 Å². The van der Waals surface area contributed by atoms with Crippen LogP contribution in [0, 0.1) is 25.7 Å². The van der Waals surface area contributed by atoms with Gasteiger partial charge in [-0.3, -0.25) is 4.90 Å². The van der Waals surface area contributed by atoms with Crippen molar-refractivity contribution in [2.75, 3.05) is 62.2 Å². The first-order valence-electron chi connectivity index (χ1n) is 11.3. The molecule has 2 fully saturated rings. The Morgan fingerprint density at radius 1 is 0.903 bits per heavy atom. The quantitative estimate of drug-likeness (QED) is 0.695. The molecule has 0 aliphatic carbocycles. The van der Waals surface area contributed by atoms with Gasteiger partial charge in [0.2, 0.25) is 0 Å². The van der Waals surface area contributed by atoms with Gasteiger partial charge in [0.05, 0.1) is 12.6 Å². The van der Waals surface area contributed by atoms with Crippen molar-refractivity contribution in [1.29, 1.82) is 0 Å². The Morgan fingerprint density at radius 2 is 1.65 bits per heavy atom. The van der Waals surface area contributed by atoms with E-state index in [4.69, 9.17) is 4.74 Å². The van der Waals surface area contributed by atoms with Crippen LogP contribution in [0.4, 0.5) is 11.5 Å². The Labute approximate surface area is 186 Å². The molecule has 1 aromatic heterocycles. The summed E-state index contributed by atoms with van der Waals surface area (Å²) in [6.45, 7) is 11.7. The Kier molecular flexibility index (Phi) is 7.39. The Hall–Kier alpha value is -2.62. The van der Waals surface area contributed by atoms with Gasteiger partial charge in [0, 0.05) is 56.2 Å². The highest BCUT2D eigenvalue weighted by molar-refractivity contribution is 5.48. The fourth-order valence-electron chi connectivity index (χ4n) is 4.26. The Balaban J connectivity index is 1.13. The molecule has 0 amide bonds. The van der Waals surface area contributed by atoms with Crippen molar-refractivity contribution in [3.05, 3.63) is 47.9 Å². The molecule has 2 aliphatic heterocycles. The van der Waals surface area contributed by atoms with Gasteiger partial charge in [-0.25, -0.2) is 9.97 Å². The molecule has 0 N–H and O–H groups in total. The van der Waals surface area contributed by atoms with Crippen molar-refractivity contribution in [3.8, 4) is 11.8 Å². The number of aromatic nitrogens is 2. The molecule has 1 aromatic carbocycles. The maximum absolute atomic E-state index is 6.03. The third-order valence-corrected chi connectivity index (χ3v) is 6.36. The van der Waals surface area contributed by atoms with Crippen LogP contribution < -0.4 is 9.80 Å². The van der Waals surface area contributed by atoms with E-state index < -0.39 is 0 Å². The van der Waals surface area contributed by atoms with Crippen LogP contribution in [0.1, 0.15) is 24.1 Å². The van der Waals surface area contributed by atoms with Crippen LogP contribution in [0.5, 0.6) is 0 Å². The number of ether oxygens (including phenoxy) is 1. The number of nitrogens with zero attached hydrogens (tertiary/aromatic N) is 5. The molecule has 0 saturated carbocycles. The summed E-state index contributed by atoms with van der Waals surface area (Å²) in [5.74, 6) is 7.59. The summed E-state index contributed by atoms with van der Waals surface area (Å²) in [7, 11) is 0. The van der Waals surface area contributed by atoms with Gasteiger partial charge >= 0.3 is 0 Å². The summed E-state index contributed by atoms with van der Waals surface area (Å²) in [6.07, 6.45) is 4.00. The fraction of sp³-hybridized carbons (Fsp3) is 0.520. The summed E-state index contributed by atoms with van der Waals surface area (Å²) in [4.78, 5) is 16.0. The summed E-state index contributed by atoms with van der Waals surface area (Å²) in [5, 5.41) is 0. The van der Waals surface area contributed by atoms with Gasteiger partial charge < -0.3 is 14.5 Å². The summed E-state index contributed by atoms with van der Waals surface area (Å²) < 4.78 is 6.03. The van der Waals surface area contributed by atoms with Crippen molar-refractivity contribution >= 4 is 11.5 Å². The minimum absolute atomic E-state index is 0.295. The molecule has 2 aromatic rings. The molecule has 0 atom stereocenters. The first kappa shape index (κ1) is 21.6. The molecule has 2 saturated heterocycles. The maximum Gasteiger partial charge on any atom is 0.135 e. The molecule has 0 bridgehead atoms. The zero-order valence-corrected chi connectivity index (χ0v) is 18.8. The second-order valence-corrected chi connectivity index (χ2v) is 8.36. The molecule has 0 spiro atoms. The fourth-order valence-corrected chi connectivity index (χ4v) is 4.26.